The maximum absolute atomic E-state index is 17.0. The average molecular weight is 1640 g/mol. The standard InChI is InChI=1S/C102H106N6O14/c1-61(2)97(115)117-53-51-103-43-47-105(48-44-103)95(113)77(55-63-23-19-17-20-24-63)107-91(109)73-57-79(119-69-35-27-65(28-36-69)99(5,6)7)85-87-81(121-71-39-31-67(32-40-71)101(11,12)13)59-75-84-76(94(112)108(93(75)111)78(56-64-25-21-18-22-26-64)96(114)106-49-45-104(46-50-106)52-54-118-98(116)62(3)4)60-82(122-72-41-33-68(34-42-72)102(14,15)16)88(90(84)87)86-80(58-74(92(107)110)83(73)89(85)86)120-70-37-29-66(30-38-70)100(8,9)10/h17-42,57-60,77-78H,1,3,43-56H2,2,4-16H3. The summed E-state index contributed by atoms with van der Waals surface area (Å²) in [5, 5.41) is 2.10. The number of carbonyl (C=O) groups is 8. The third-order valence-electron chi connectivity index (χ3n) is 23.8. The predicted molar refractivity (Wildman–Crippen MR) is 475 cm³/mol. The van der Waals surface area contributed by atoms with E-state index in [0.717, 1.165) is 32.1 Å². The molecule has 2 fully saturated rings. The molecule has 6 amide bonds. The number of rotatable bonds is 24. The highest BCUT2D eigenvalue weighted by Crippen LogP contribution is 2.59. The zero-order valence-electron chi connectivity index (χ0n) is 72.2. The SMILES string of the molecule is C=C(C)C(=O)OCCN1CCN(C(=O)C(Cc2ccccc2)N2C(=O)c3cc(Oc4ccc(C(C)(C)C)cc4)c4c5c(Oc6ccc(C(C)(C)C)cc6)cc6c7c(cc(Oc8ccc(C(C)(C)C)cc8)c(c8c(Oc9ccc(C(C)(C)C)cc9)cc(c3c48)C2=O)c75)C(=O)N(C(Cc2ccccc2)C(=O)N2CCN(CCOC(=O)C(=C)C)CC2)C6=O)CC1. The van der Waals surface area contributed by atoms with Gasteiger partial charge in [0.1, 0.15) is 71.3 Å². The molecule has 4 aliphatic rings. The Morgan fingerprint density at radius 2 is 0.582 bits per heavy atom. The van der Waals surface area contributed by atoms with Crippen LogP contribution in [0, 0.1) is 0 Å². The van der Waals surface area contributed by atoms with Crippen molar-refractivity contribution in [3.8, 4) is 46.0 Å². The molecule has 0 spiro atoms. The van der Waals surface area contributed by atoms with Crippen molar-refractivity contribution in [2.24, 2.45) is 0 Å². The molecule has 11 aromatic rings. The van der Waals surface area contributed by atoms with Crippen LogP contribution < -0.4 is 18.9 Å². The van der Waals surface area contributed by atoms with Crippen LogP contribution in [0.1, 0.15) is 172 Å². The van der Waals surface area contributed by atoms with Crippen LogP contribution in [0.5, 0.6) is 46.0 Å². The third-order valence-corrected chi connectivity index (χ3v) is 23.8. The van der Waals surface area contributed by atoms with E-state index in [1.807, 2.05) is 158 Å². The van der Waals surface area contributed by atoms with Crippen molar-refractivity contribution >= 4 is 90.5 Å². The Hall–Kier alpha value is -12.5. The van der Waals surface area contributed by atoms with Gasteiger partial charge in [0.15, 0.2) is 0 Å². The monoisotopic (exact) mass is 1640 g/mol. The Labute approximate surface area is 712 Å². The van der Waals surface area contributed by atoms with Gasteiger partial charge in [-0.3, -0.25) is 48.4 Å². The van der Waals surface area contributed by atoms with Crippen LogP contribution in [0.3, 0.4) is 0 Å². The number of benzene rings is 11. The van der Waals surface area contributed by atoms with Crippen molar-refractivity contribution in [2.75, 3.05) is 78.7 Å². The van der Waals surface area contributed by atoms with E-state index < -0.39 is 59.5 Å². The van der Waals surface area contributed by atoms with Crippen LogP contribution in [0.4, 0.5) is 0 Å². The minimum absolute atomic E-state index is 0.0112. The van der Waals surface area contributed by atoms with E-state index in [0.29, 0.717) is 73.4 Å². The zero-order chi connectivity index (χ0) is 86.8. The third kappa shape index (κ3) is 17.0. The van der Waals surface area contributed by atoms with E-state index in [1.165, 1.54) is 0 Å². The Morgan fingerprint density at radius 1 is 0.336 bits per heavy atom. The second-order valence-corrected chi connectivity index (χ2v) is 36.7. The number of amides is 6. The Morgan fingerprint density at radius 3 is 0.811 bits per heavy atom. The number of esters is 2. The van der Waals surface area contributed by atoms with Gasteiger partial charge in [-0.1, -0.05) is 205 Å². The van der Waals surface area contributed by atoms with Crippen molar-refractivity contribution in [3.05, 3.63) is 262 Å². The highest BCUT2D eigenvalue weighted by molar-refractivity contribution is 6.45. The molecule has 0 N–H and O–H groups in total. The van der Waals surface area contributed by atoms with E-state index in [-0.39, 0.29) is 173 Å². The molecule has 20 nitrogen and oxygen atoms in total. The topological polar surface area (TPSA) is 211 Å². The van der Waals surface area contributed by atoms with Crippen molar-refractivity contribution in [3.63, 3.8) is 0 Å². The predicted octanol–water partition coefficient (Wildman–Crippen LogP) is 19.0. The molecule has 628 valence electrons. The lowest BCUT2D eigenvalue weighted by molar-refractivity contribution is -0.141. The average Bonchev–Trinajstić information content (AvgIpc) is 0.669. The minimum atomic E-state index is -1.41. The summed E-state index contributed by atoms with van der Waals surface area (Å²) in [5.41, 5.74) is 4.85. The fourth-order valence-corrected chi connectivity index (χ4v) is 16.9. The number of ether oxygens (including phenoxy) is 6. The summed E-state index contributed by atoms with van der Waals surface area (Å²) in [6.45, 7) is 39.6. The van der Waals surface area contributed by atoms with Crippen molar-refractivity contribution < 1.29 is 66.8 Å². The lowest BCUT2D eigenvalue weighted by Crippen LogP contribution is -2.58. The molecule has 0 radical (unpaired) electrons. The first kappa shape index (κ1) is 84.5. The quantitative estimate of drug-likeness (QED) is 0.0181. The molecule has 11 aromatic carbocycles. The van der Waals surface area contributed by atoms with E-state index in [4.69, 9.17) is 28.4 Å². The number of carbonyl (C=O) groups excluding carboxylic acids is 8. The van der Waals surface area contributed by atoms with Gasteiger partial charge in [0.2, 0.25) is 11.8 Å². The molecular formula is C102H106N6O14. The van der Waals surface area contributed by atoms with Gasteiger partial charge in [0.05, 0.1) is 22.3 Å². The Balaban J connectivity index is 1.02. The molecule has 4 heterocycles. The highest BCUT2D eigenvalue weighted by atomic mass is 16.5. The van der Waals surface area contributed by atoms with E-state index >= 15 is 28.8 Å². The maximum Gasteiger partial charge on any atom is 0.333 e. The molecule has 2 unspecified atom stereocenters. The summed E-state index contributed by atoms with van der Waals surface area (Å²) < 4.78 is 40.9. The van der Waals surface area contributed by atoms with Crippen molar-refractivity contribution in [2.45, 2.75) is 144 Å². The molecule has 2 atom stereocenters. The molecule has 20 heteroatoms. The van der Waals surface area contributed by atoms with Crippen LogP contribution in [-0.4, -0.2) is 168 Å². The van der Waals surface area contributed by atoms with E-state index in [9.17, 15) is 9.59 Å². The molecule has 122 heavy (non-hydrogen) atoms. The number of fused-ring (bicyclic) bond motifs is 2. The smallest absolute Gasteiger partial charge is 0.333 e. The lowest BCUT2D eigenvalue weighted by Gasteiger charge is -2.40. The normalized spacial score (nSPS) is 15.5. The molecular weight excluding hydrogens is 1530 g/mol. The Kier molecular flexibility index (Phi) is 23.2. The molecule has 4 aliphatic heterocycles. The first-order valence-corrected chi connectivity index (χ1v) is 42.0. The molecule has 15 rings (SSSR count). The van der Waals surface area contributed by atoms with Crippen LogP contribution in [0.2, 0.25) is 0 Å². The van der Waals surface area contributed by atoms with Gasteiger partial charge in [-0.2, -0.15) is 0 Å². The van der Waals surface area contributed by atoms with Crippen LogP contribution in [-0.2, 0) is 63.2 Å². The summed E-state index contributed by atoms with van der Waals surface area (Å²) >= 11 is 0. The summed E-state index contributed by atoms with van der Waals surface area (Å²) in [6.07, 6.45) is -0.120. The van der Waals surface area contributed by atoms with Crippen LogP contribution in [0.25, 0.3) is 43.1 Å². The molecule has 2 saturated heterocycles. The van der Waals surface area contributed by atoms with Crippen molar-refractivity contribution in [1.82, 2.24) is 29.4 Å². The molecule has 0 aliphatic carbocycles. The molecule has 0 bridgehead atoms. The van der Waals surface area contributed by atoms with Gasteiger partial charge in [-0.15, -0.1) is 0 Å². The number of piperazine rings is 2. The fraction of sp³-hybridized carbons (Fsp3) is 0.333. The maximum atomic E-state index is 17.0. The van der Waals surface area contributed by atoms with Gasteiger partial charge < -0.3 is 38.2 Å². The summed E-state index contributed by atoms with van der Waals surface area (Å²) in [7, 11) is 0. The number of nitrogens with zero attached hydrogens (tertiary/aromatic N) is 6. The number of hydrogen-bond acceptors (Lipinski definition) is 16. The largest absolute Gasteiger partial charge is 0.461 e. The molecule has 0 saturated carbocycles. The summed E-state index contributed by atoms with van der Waals surface area (Å²) in [4.78, 5) is 135. The van der Waals surface area contributed by atoms with Gasteiger partial charge >= 0.3 is 11.9 Å². The van der Waals surface area contributed by atoms with Gasteiger partial charge in [0, 0.05) is 133 Å². The number of hydrogen-bond donors (Lipinski definition) is 0. The van der Waals surface area contributed by atoms with Gasteiger partial charge in [-0.05, 0) is 142 Å². The van der Waals surface area contributed by atoms with Gasteiger partial charge in [-0.25, -0.2) is 9.59 Å². The summed E-state index contributed by atoms with van der Waals surface area (Å²) in [6, 6.07) is 53.0. The first-order chi connectivity index (χ1) is 58.0. The van der Waals surface area contributed by atoms with Gasteiger partial charge in [0.25, 0.3) is 23.6 Å². The van der Waals surface area contributed by atoms with E-state index in [1.54, 1.807) is 47.9 Å². The number of imide groups is 2. The minimum Gasteiger partial charge on any atom is -0.461 e. The lowest BCUT2D eigenvalue weighted by atomic mass is 9.80. The second kappa shape index (κ2) is 33.5. The second-order valence-electron chi connectivity index (χ2n) is 36.7. The highest BCUT2D eigenvalue weighted by Gasteiger charge is 2.48. The Bertz CT molecular complexity index is 5350. The van der Waals surface area contributed by atoms with Crippen molar-refractivity contribution in [1.29, 1.82) is 0 Å². The summed E-state index contributed by atoms with van der Waals surface area (Å²) in [5.74, 6) is -3.28. The zero-order valence-corrected chi connectivity index (χ0v) is 72.2. The fourth-order valence-electron chi connectivity index (χ4n) is 16.9. The van der Waals surface area contributed by atoms with Crippen LogP contribution >= 0.6 is 0 Å². The van der Waals surface area contributed by atoms with E-state index in [2.05, 4.69) is 106 Å². The van der Waals surface area contributed by atoms with Crippen LogP contribution in [0.15, 0.2) is 206 Å². The first-order valence-electron chi connectivity index (χ1n) is 42.0. The molecule has 0 aromatic heterocycles.